The van der Waals surface area contributed by atoms with Gasteiger partial charge in [-0.15, -0.1) is 0 Å². The fourth-order valence-corrected chi connectivity index (χ4v) is 10.0. The molecule has 4 bridgehead atoms. The van der Waals surface area contributed by atoms with Gasteiger partial charge in [0.15, 0.2) is 17.5 Å². The molecule has 6 aromatic carbocycles. The van der Waals surface area contributed by atoms with E-state index >= 15 is 0 Å². The highest BCUT2D eigenvalue weighted by Crippen LogP contribution is 2.60. The van der Waals surface area contributed by atoms with Crippen LogP contribution in [0, 0.1) is 29.1 Å². The van der Waals surface area contributed by atoms with E-state index in [4.69, 9.17) is 15.0 Å². The monoisotopic (exact) mass is 644 g/mol. The molecule has 4 heteroatoms. The fraction of sp³-hybridized carbons (Fsp3) is 0.217. The first kappa shape index (κ1) is 29.3. The highest BCUT2D eigenvalue weighted by molar-refractivity contribution is 6.12. The first-order valence-corrected chi connectivity index (χ1v) is 18.0. The summed E-state index contributed by atoms with van der Waals surface area (Å²) >= 11 is 0. The molecule has 0 spiro atoms. The Kier molecular flexibility index (Phi) is 6.71. The van der Waals surface area contributed by atoms with Crippen molar-refractivity contribution >= 4 is 21.5 Å². The van der Waals surface area contributed by atoms with Gasteiger partial charge in [-0.25, -0.2) is 15.0 Å². The van der Waals surface area contributed by atoms with Crippen molar-refractivity contribution in [2.45, 2.75) is 43.9 Å². The van der Waals surface area contributed by atoms with Crippen molar-refractivity contribution < 1.29 is 0 Å². The molecule has 4 fully saturated rings. The lowest BCUT2D eigenvalue weighted by atomic mass is 9.48. The summed E-state index contributed by atoms with van der Waals surface area (Å²) < 4.78 is 0. The number of rotatable bonds is 5. The molecule has 1 aromatic heterocycles. The summed E-state index contributed by atoms with van der Waals surface area (Å²) in [5.41, 5.74) is 7.69. The number of fused-ring (bicyclic) bond motifs is 3. The minimum Gasteiger partial charge on any atom is -0.208 e. The predicted octanol–water partition coefficient (Wildman–Crippen LogP) is 11.2. The molecule has 0 atom stereocenters. The Hall–Kier alpha value is -5.66. The molecule has 11 rings (SSSR count). The summed E-state index contributed by atoms with van der Waals surface area (Å²) in [6.07, 6.45) is 8.43. The van der Waals surface area contributed by atoms with Crippen LogP contribution in [0.1, 0.15) is 49.7 Å². The molecule has 7 aromatic rings. The molecule has 0 N–H and O–H groups in total. The summed E-state index contributed by atoms with van der Waals surface area (Å²) in [5, 5.41) is 14.1. The predicted molar refractivity (Wildman–Crippen MR) is 201 cm³/mol. The van der Waals surface area contributed by atoms with E-state index in [9.17, 15) is 5.26 Å². The van der Waals surface area contributed by atoms with Crippen LogP contribution >= 0.6 is 0 Å². The Morgan fingerprint density at radius 1 is 0.500 bits per heavy atom. The summed E-state index contributed by atoms with van der Waals surface area (Å²) in [6, 6.07) is 46.9. The van der Waals surface area contributed by atoms with Crippen molar-refractivity contribution in [1.82, 2.24) is 15.0 Å². The van der Waals surface area contributed by atoms with Gasteiger partial charge in [-0.3, -0.25) is 0 Å². The molecular weight excluding hydrogens is 609 g/mol. The third kappa shape index (κ3) is 4.91. The highest BCUT2D eigenvalue weighted by Gasteiger charge is 2.51. The summed E-state index contributed by atoms with van der Waals surface area (Å²) in [7, 11) is 0. The van der Waals surface area contributed by atoms with Crippen molar-refractivity contribution in [3.8, 4) is 51.4 Å². The lowest BCUT2D eigenvalue weighted by Crippen LogP contribution is -2.48. The van der Waals surface area contributed by atoms with Crippen molar-refractivity contribution in [3.05, 3.63) is 139 Å². The number of hydrogen-bond acceptors (Lipinski definition) is 4. The van der Waals surface area contributed by atoms with Gasteiger partial charge in [0.05, 0.1) is 11.6 Å². The van der Waals surface area contributed by atoms with E-state index in [1.807, 2.05) is 36.4 Å². The maximum absolute atomic E-state index is 9.57. The van der Waals surface area contributed by atoms with Gasteiger partial charge >= 0.3 is 0 Å². The van der Waals surface area contributed by atoms with Gasteiger partial charge in [0.25, 0.3) is 0 Å². The second kappa shape index (κ2) is 11.5. The zero-order chi connectivity index (χ0) is 33.2. The number of aromatic nitrogens is 3. The number of hydrogen-bond donors (Lipinski definition) is 0. The largest absolute Gasteiger partial charge is 0.208 e. The SMILES string of the molecule is N#Cc1ccc2ccc3c(-c4cccc(-c5nc(-c6ccccc6)nc(-c6ccc(C78C[C@H]9C[C@@H](C7)C[C@@H](C8)C9)cc6)n5)c4)cccc3c2c1. The van der Waals surface area contributed by atoms with Crippen LogP contribution in [-0.4, -0.2) is 15.0 Å². The normalized spacial score (nSPS) is 22.2. The average Bonchev–Trinajstić information content (AvgIpc) is 3.17. The molecule has 4 saturated carbocycles. The van der Waals surface area contributed by atoms with E-state index in [1.54, 1.807) is 0 Å². The number of nitriles is 1. The Balaban J connectivity index is 1.06. The van der Waals surface area contributed by atoms with Crippen LogP contribution < -0.4 is 0 Å². The van der Waals surface area contributed by atoms with E-state index in [1.165, 1.54) is 44.1 Å². The van der Waals surface area contributed by atoms with Crippen LogP contribution in [0.15, 0.2) is 127 Å². The van der Waals surface area contributed by atoms with Crippen LogP contribution in [0.25, 0.3) is 66.8 Å². The lowest BCUT2D eigenvalue weighted by Gasteiger charge is -2.57. The Bertz CT molecular complexity index is 2440. The molecule has 4 aliphatic carbocycles. The molecule has 50 heavy (non-hydrogen) atoms. The highest BCUT2D eigenvalue weighted by atomic mass is 15.0. The molecule has 0 unspecified atom stereocenters. The molecule has 240 valence electrons. The van der Waals surface area contributed by atoms with Crippen molar-refractivity contribution in [2.75, 3.05) is 0 Å². The number of benzene rings is 6. The van der Waals surface area contributed by atoms with Crippen LogP contribution in [0.3, 0.4) is 0 Å². The quantitative estimate of drug-likeness (QED) is 0.175. The van der Waals surface area contributed by atoms with Gasteiger partial charge < -0.3 is 0 Å². The van der Waals surface area contributed by atoms with Gasteiger partial charge in [0, 0.05) is 16.7 Å². The van der Waals surface area contributed by atoms with E-state index < -0.39 is 0 Å². The minimum atomic E-state index is 0.360. The smallest absolute Gasteiger partial charge is 0.164 e. The first-order valence-electron chi connectivity index (χ1n) is 18.0. The summed E-state index contributed by atoms with van der Waals surface area (Å²) in [4.78, 5) is 15.2. The maximum Gasteiger partial charge on any atom is 0.164 e. The lowest BCUT2D eigenvalue weighted by molar-refractivity contribution is -0.00518. The molecule has 4 aliphatic rings. The standard InChI is InChI=1S/C46H36N4/c47-28-29-12-13-33-16-19-41-39(10-5-11-40(41)42(33)23-29)36-8-4-9-37(24-36)45-49-43(34-6-2-1-3-7-34)48-44(50-45)35-14-17-38(18-15-35)46-25-30-20-31(26-46)22-32(21-30)27-46/h1-19,23-24,30-32H,20-22,25-27H2/t30-,31+,32-,46?. The summed E-state index contributed by atoms with van der Waals surface area (Å²) in [6.45, 7) is 0. The van der Waals surface area contributed by atoms with Crippen LogP contribution in [0.4, 0.5) is 0 Å². The topological polar surface area (TPSA) is 62.5 Å². The Morgan fingerprint density at radius 2 is 1.10 bits per heavy atom. The Labute approximate surface area is 292 Å². The van der Waals surface area contributed by atoms with Crippen LogP contribution in [0.2, 0.25) is 0 Å². The fourth-order valence-electron chi connectivity index (χ4n) is 10.0. The molecular formula is C46H36N4. The van der Waals surface area contributed by atoms with Gasteiger partial charge in [0.1, 0.15) is 0 Å². The molecule has 0 amide bonds. The van der Waals surface area contributed by atoms with Crippen molar-refractivity contribution in [2.24, 2.45) is 17.8 Å². The second-order valence-corrected chi connectivity index (χ2v) is 15.0. The van der Waals surface area contributed by atoms with E-state index in [2.05, 4.69) is 97.1 Å². The van der Waals surface area contributed by atoms with Crippen LogP contribution in [-0.2, 0) is 5.41 Å². The van der Waals surface area contributed by atoms with E-state index in [0.717, 1.165) is 67.1 Å². The van der Waals surface area contributed by atoms with Crippen LogP contribution in [0.5, 0.6) is 0 Å². The third-order valence-electron chi connectivity index (χ3n) is 11.9. The summed E-state index contributed by atoms with van der Waals surface area (Å²) in [5.74, 6) is 4.78. The number of nitrogens with zero attached hydrogens (tertiary/aromatic N) is 4. The van der Waals surface area contributed by atoms with Gasteiger partial charge in [-0.2, -0.15) is 5.26 Å². The zero-order valence-corrected chi connectivity index (χ0v) is 27.9. The van der Waals surface area contributed by atoms with Gasteiger partial charge in [0.2, 0.25) is 0 Å². The van der Waals surface area contributed by atoms with Gasteiger partial charge in [-0.1, -0.05) is 109 Å². The van der Waals surface area contributed by atoms with Gasteiger partial charge in [-0.05, 0) is 118 Å². The molecule has 1 heterocycles. The molecule has 4 nitrogen and oxygen atoms in total. The average molecular weight is 645 g/mol. The molecule has 0 saturated heterocycles. The minimum absolute atomic E-state index is 0.360. The zero-order valence-electron chi connectivity index (χ0n) is 27.9. The van der Waals surface area contributed by atoms with E-state index in [0.29, 0.717) is 28.5 Å². The van der Waals surface area contributed by atoms with E-state index in [-0.39, 0.29) is 0 Å². The van der Waals surface area contributed by atoms with Crippen molar-refractivity contribution in [3.63, 3.8) is 0 Å². The Morgan fingerprint density at radius 3 is 1.80 bits per heavy atom. The molecule has 0 radical (unpaired) electrons. The third-order valence-corrected chi connectivity index (χ3v) is 11.9. The second-order valence-electron chi connectivity index (χ2n) is 15.0. The molecule has 0 aliphatic heterocycles. The maximum atomic E-state index is 9.57. The van der Waals surface area contributed by atoms with Crippen molar-refractivity contribution in [1.29, 1.82) is 5.26 Å². The first-order chi connectivity index (χ1) is 24.6.